The highest BCUT2D eigenvalue weighted by atomic mass is 35.5. The average Bonchev–Trinajstić information content (AvgIpc) is 2.15. The molecule has 0 amide bonds. The van der Waals surface area contributed by atoms with Crippen LogP contribution in [0.4, 0.5) is 0 Å². The zero-order valence-corrected chi connectivity index (χ0v) is 7.59. The molecule has 0 saturated carbocycles. The maximum absolute atomic E-state index is 6.09. The molecule has 12 heavy (non-hydrogen) atoms. The Kier molecular flexibility index (Phi) is 3.70. The van der Waals surface area contributed by atoms with Gasteiger partial charge in [0.05, 0.1) is 5.38 Å². The van der Waals surface area contributed by atoms with Crippen molar-refractivity contribution in [2.45, 2.75) is 18.2 Å². The number of hydrogen-bond donors (Lipinski definition) is 0. The van der Waals surface area contributed by atoms with Crippen molar-refractivity contribution in [3.05, 3.63) is 35.9 Å². The summed E-state index contributed by atoms with van der Waals surface area (Å²) in [6.45, 7) is 0. The number of rotatable bonds is 3. The summed E-state index contributed by atoms with van der Waals surface area (Å²) in [5, 5.41) is 0.0576. The molecule has 0 aliphatic rings. The predicted molar refractivity (Wildman–Crippen MR) is 53.1 cm³/mol. The van der Waals surface area contributed by atoms with E-state index in [1.807, 2.05) is 30.3 Å². The number of alkyl halides is 1. The molecule has 0 nitrogen and oxygen atoms in total. The summed E-state index contributed by atoms with van der Waals surface area (Å²) in [6.07, 6.45) is 6.73. The van der Waals surface area contributed by atoms with Crippen molar-refractivity contribution >= 4 is 11.6 Å². The molecule has 1 aromatic carbocycles. The van der Waals surface area contributed by atoms with E-state index in [1.54, 1.807) is 0 Å². The second kappa shape index (κ2) is 4.85. The summed E-state index contributed by atoms with van der Waals surface area (Å²) in [7, 11) is 0. The third-order valence-corrected chi connectivity index (χ3v) is 2.17. The van der Waals surface area contributed by atoms with E-state index in [9.17, 15) is 0 Å². The Balaban J connectivity index is 2.55. The summed E-state index contributed by atoms with van der Waals surface area (Å²) in [5.41, 5.74) is 1.15. The van der Waals surface area contributed by atoms with E-state index in [1.165, 1.54) is 0 Å². The summed E-state index contributed by atoms with van der Waals surface area (Å²) >= 11 is 6.09. The summed E-state index contributed by atoms with van der Waals surface area (Å²) < 4.78 is 0. The quantitative estimate of drug-likeness (QED) is 0.492. The first kappa shape index (κ1) is 9.16. The average molecular weight is 179 g/mol. The van der Waals surface area contributed by atoms with Crippen LogP contribution in [0.15, 0.2) is 30.3 Å². The molecule has 0 N–H and O–H groups in total. The molecule has 0 bridgehead atoms. The van der Waals surface area contributed by atoms with Gasteiger partial charge in [-0.3, -0.25) is 0 Å². The second-order valence-electron chi connectivity index (χ2n) is 2.62. The molecule has 1 rings (SSSR count). The molecule has 0 spiro atoms. The van der Waals surface area contributed by atoms with Gasteiger partial charge >= 0.3 is 0 Å². The lowest BCUT2D eigenvalue weighted by Gasteiger charge is -2.06. The molecule has 1 aromatic rings. The summed E-state index contributed by atoms with van der Waals surface area (Å²) in [6, 6.07) is 10.00. The molecule has 0 aliphatic carbocycles. The normalized spacial score (nSPS) is 12.0. The van der Waals surface area contributed by atoms with Gasteiger partial charge in [-0.05, 0) is 12.0 Å². The van der Waals surface area contributed by atoms with Gasteiger partial charge in [0.25, 0.3) is 0 Å². The molecule has 1 heteroatoms. The highest BCUT2D eigenvalue weighted by Crippen LogP contribution is 2.24. The lowest BCUT2D eigenvalue weighted by atomic mass is 10.1. The van der Waals surface area contributed by atoms with Crippen LogP contribution in [0.5, 0.6) is 0 Å². The Labute approximate surface area is 78.6 Å². The highest BCUT2D eigenvalue weighted by molar-refractivity contribution is 6.20. The first-order chi connectivity index (χ1) is 5.84. The predicted octanol–water partition coefficient (Wildman–Crippen LogP) is 3.38. The molecule has 0 aromatic heterocycles. The van der Waals surface area contributed by atoms with Gasteiger partial charge in [0.2, 0.25) is 0 Å². The van der Waals surface area contributed by atoms with Crippen LogP contribution >= 0.6 is 11.6 Å². The van der Waals surface area contributed by atoms with Crippen molar-refractivity contribution in [3.8, 4) is 12.3 Å². The Bertz CT molecular complexity index is 258. The van der Waals surface area contributed by atoms with Gasteiger partial charge in [0.15, 0.2) is 0 Å². The smallest absolute Gasteiger partial charge is 0.0594 e. The van der Waals surface area contributed by atoms with E-state index in [4.69, 9.17) is 18.0 Å². The molecule has 0 fully saturated rings. The molecular weight excluding hydrogens is 168 g/mol. The van der Waals surface area contributed by atoms with E-state index < -0.39 is 0 Å². The fourth-order valence-electron chi connectivity index (χ4n) is 1.04. The Morgan fingerprint density at radius 3 is 2.58 bits per heavy atom. The van der Waals surface area contributed by atoms with Gasteiger partial charge in [-0.2, -0.15) is 0 Å². The minimum atomic E-state index is 0.0576. The van der Waals surface area contributed by atoms with Crippen LogP contribution in [0.25, 0.3) is 0 Å². The van der Waals surface area contributed by atoms with Crippen molar-refractivity contribution < 1.29 is 0 Å². The summed E-state index contributed by atoms with van der Waals surface area (Å²) in [4.78, 5) is 0. The molecule has 0 aliphatic heterocycles. The Morgan fingerprint density at radius 1 is 1.33 bits per heavy atom. The maximum Gasteiger partial charge on any atom is 0.0594 e. The van der Waals surface area contributed by atoms with E-state index >= 15 is 0 Å². The molecule has 0 saturated heterocycles. The van der Waals surface area contributed by atoms with Crippen LogP contribution in [0.1, 0.15) is 23.8 Å². The Hall–Kier alpha value is -0.930. The molecule has 1 unspecified atom stereocenters. The van der Waals surface area contributed by atoms with Crippen LogP contribution in [0, 0.1) is 12.3 Å². The molecule has 0 radical (unpaired) electrons. The van der Waals surface area contributed by atoms with E-state index in [0.29, 0.717) is 0 Å². The van der Waals surface area contributed by atoms with E-state index in [-0.39, 0.29) is 5.38 Å². The third-order valence-electron chi connectivity index (χ3n) is 1.70. The SMILES string of the molecule is C#CCCC(Cl)c1ccccc1. The van der Waals surface area contributed by atoms with Crippen LogP contribution in [0.2, 0.25) is 0 Å². The van der Waals surface area contributed by atoms with Gasteiger partial charge in [-0.15, -0.1) is 23.9 Å². The zero-order chi connectivity index (χ0) is 8.81. The Morgan fingerprint density at radius 2 is 2.00 bits per heavy atom. The molecule has 62 valence electrons. The monoisotopic (exact) mass is 178 g/mol. The van der Waals surface area contributed by atoms with Crippen LogP contribution < -0.4 is 0 Å². The molecule has 1 atom stereocenters. The number of benzene rings is 1. The second-order valence-corrected chi connectivity index (χ2v) is 3.15. The number of hydrogen-bond acceptors (Lipinski definition) is 0. The minimum Gasteiger partial charge on any atom is -0.120 e. The highest BCUT2D eigenvalue weighted by Gasteiger charge is 2.04. The molecule has 0 heterocycles. The largest absolute Gasteiger partial charge is 0.120 e. The van der Waals surface area contributed by atoms with Crippen LogP contribution in [-0.4, -0.2) is 0 Å². The van der Waals surface area contributed by atoms with E-state index in [2.05, 4.69) is 5.92 Å². The van der Waals surface area contributed by atoms with Gasteiger partial charge in [-0.1, -0.05) is 30.3 Å². The summed E-state index contributed by atoms with van der Waals surface area (Å²) in [5.74, 6) is 2.58. The molecular formula is C11H11Cl. The minimum absolute atomic E-state index is 0.0576. The van der Waals surface area contributed by atoms with Gasteiger partial charge in [0.1, 0.15) is 0 Å². The first-order valence-corrected chi connectivity index (χ1v) is 4.40. The van der Waals surface area contributed by atoms with Gasteiger partial charge in [0, 0.05) is 6.42 Å². The lowest BCUT2D eigenvalue weighted by molar-refractivity contribution is 0.827. The standard InChI is InChI=1S/C11H11Cl/c1-2-3-9-11(12)10-7-5-4-6-8-10/h1,4-8,11H,3,9H2. The fourth-order valence-corrected chi connectivity index (χ4v) is 1.29. The fraction of sp³-hybridized carbons (Fsp3) is 0.273. The van der Waals surface area contributed by atoms with Crippen molar-refractivity contribution in [2.24, 2.45) is 0 Å². The van der Waals surface area contributed by atoms with E-state index in [0.717, 1.165) is 18.4 Å². The van der Waals surface area contributed by atoms with Crippen molar-refractivity contribution in [2.75, 3.05) is 0 Å². The zero-order valence-electron chi connectivity index (χ0n) is 6.83. The van der Waals surface area contributed by atoms with Crippen LogP contribution in [-0.2, 0) is 0 Å². The number of terminal acetylenes is 1. The third kappa shape index (κ3) is 2.60. The maximum atomic E-state index is 6.09. The van der Waals surface area contributed by atoms with Gasteiger partial charge in [-0.25, -0.2) is 0 Å². The van der Waals surface area contributed by atoms with Crippen molar-refractivity contribution in [1.82, 2.24) is 0 Å². The van der Waals surface area contributed by atoms with Crippen molar-refractivity contribution in [1.29, 1.82) is 0 Å². The van der Waals surface area contributed by atoms with Crippen LogP contribution in [0.3, 0.4) is 0 Å². The lowest BCUT2D eigenvalue weighted by Crippen LogP contribution is -1.88. The topological polar surface area (TPSA) is 0 Å². The van der Waals surface area contributed by atoms with Gasteiger partial charge < -0.3 is 0 Å². The first-order valence-electron chi connectivity index (χ1n) is 3.97. The number of halogens is 1. The van der Waals surface area contributed by atoms with Crippen molar-refractivity contribution in [3.63, 3.8) is 0 Å².